The van der Waals surface area contributed by atoms with Gasteiger partial charge in [-0.25, -0.2) is 9.79 Å². The van der Waals surface area contributed by atoms with E-state index in [2.05, 4.69) is 10.9 Å². The Morgan fingerprint density at radius 3 is 2.63 bits per heavy atom. The monoisotopic (exact) mass is 568 g/mol. The molecule has 4 aromatic rings. The van der Waals surface area contributed by atoms with E-state index in [0.717, 1.165) is 16.3 Å². The van der Waals surface area contributed by atoms with E-state index in [4.69, 9.17) is 25.4 Å². The summed E-state index contributed by atoms with van der Waals surface area (Å²) in [7, 11) is 3.09. The van der Waals surface area contributed by atoms with Crippen molar-refractivity contribution >= 4 is 34.2 Å². The van der Waals surface area contributed by atoms with Crippen LogP contribution in [0.15, 0.2) is 75.7 Å². The second kappa shape index (κ2) is 11.7. The van der Waals surface area contributed by atoms with E-state index in [-0.39, 0.29) is 24.3 Å². The molecule has 1 aliphatic heterocycles. The summed E-state index contributed by atoms with van der Waals surface area (Å²) in [6.07, 6.45) is 7.25. The van der Waals surface area contributed by atoms with E-state index in [1.165, 1.54) is 23.0 Å². The van der Waals surface area contributed by atoms with Crippen molar-refractivity contribution in [2.75, 3.05) is 27.4 Å². The first-order chi connectivity index (χ1) is 19.9. The molecule has 2 heterocycles. The van der Waals surface area contributed by atoms with Gasteiger partial charge in [0.25, 0.3) is 5.56 Å². The number of methoxy groups -OCH3 is 2. The van der Waals surface area contributed by atoms with Crippen LogP contribution in [0.3, 0.4) is 0 Å². The summed E-state index contributed by atoms with van der Waals surface area (Å²) < 4.78 is 24.3. The van der Waals surface area contributed by atoms with Crippen LogP contribution in [0.25, 0.3) is 16.8 Å². The molecule has 8 nitrogen and oxygen atoms in total. The molecule has 3 aromatic carbocycles. The second-order valence-corrected chi connectivity index (χ2v) is 10.1. The summed E-state index contributed by atoms with van der Waals surface area (Å²) in [6, 6.07) is 16.0. The first-order valence-corrected chi connectivity index (χ1v) is 13.7. The van der Waals surface area contributed by atoms with Crippen molar-refractivity contribution in [1.29, 1.82) is 0 Å². The van der Waals surface area contributed by atoms with Crippen molar-refractivity contribution in [3.8, 4) is 29.6 Å². The number of hydrogen-bond acceptors (Lipinski definition) is 8. The molecule has 5 rings (SSSR count). The third kappa shape index (κ3) is 5.10. The number of carbonyl (C=O) groups is 1. The van der Waals surface area contributed by atoms with E-state index < -0.39 is 12.0 Å². The molecular weight excluding hydrogens is 540 g/mol. The van der Waals surface area contributed by atoms with Crippen LogP contribution in [0.4, 0.5) is 0 Å². The minimum absolute atomic E-state index is 0.0815. The lowest BCUT2D eigenvalue weighted by molar-refractivity contribution is -0.139. The zero-order chi connectivity index (χ0) is 29.1. The molecule has 0 saturated carbocycles. The van der Waals surface area contributed by atoms with E-state index in [1.54, 1.807) is 45.2 Å². The Bertz CT molecular complexity index is 1910. The number of nitrogens with zero attached hydrogens (tertiary/aromatic N) is 2. The molecule has 0 amide bonds. The third-order valence-electron chi connectivity index (χ3n) is 6.77. The fourth-order valence-corrected chi connectivity index (χ4v) is 5.97. The highest BCUT2D eigenvalue weighted by molar-refractivity contribution is 7.07. The first-order valence-electron chi connectivity index (χ1n) is 12.9. The number of hydrogen-bond donors (Lipinski definition) is 0. The van der Waals surface area contributed by atoms with Crippen molar-refractivity contribution in [3.05, 3.63) is 96.7 Å². The minimum atomic E-state index is -0.859. The van der Waals surface area contributed by atoms with E-state index >= 15 is 0 Å². The second-order valence-electron chi connectivity index (χ2n) is 9.10. The molecule has 0 unspecified atom stereocenters. The molecule has 0 spiro atoms. The van der Waals surface area contributed by atoms with Gasteiger partial charge < -0.3 is 18.9 Å². The van der Waals surface area contributed by atoms with Gasteiger partial charge in [-0.2, -0.15) is 0 Å². The number of allylic oxidation sites excluding steroid dienone is 1. The van der Waals surface area contributed by atoms with Gasteiger partial charge in [0.2, 0.25) is 0 Å². The fourth-order valence-electron chi connectivity index (χ4n) is 4.94. The number of benzene rings is 3. The highest BCUT2D eigenvalue weighted by Crippen LogP contribution is 2.38. The van der Waals surface area contributed by atoms with Crippen LogP contribution in [-0.4, -0.2) is 38.0 Å². The number of rotatable bonds is 8. The Kier molecular flexibility index (Phi) is 7.95. The molecule has 0 radical (unpaired) electrons. The number of thiazole rings is 1. The molecule has 41 heavy (non-hydrogen) atoms. The van der Waals surface area contributed by atoms with Crippen molar-refractivity contribution in [1.82, 2.24) is 4.57 Å². The van der Waals surface area contributed by atoms with Gasteiger partial charge in [-0.15, -0.1) is 6.42 Å². The summed E-state index contributed by atoms with van der Waals surface area (Å²) in [5.74, 6) is 3.53. The van der Waals surface area contributed by atoms with Crippen molar-refractivity contribution < 1.29 is 23.7 Å². The van der Waals surface area contributed by atoms with Crippen LogP contribution in [0, 0.1) is 12.3 Å². The SMILES string of the molecule is C#CCOc1ccc2ccccc2c1/C=c1/sc2n(c1=O)[C@H](c1cc(OC)ccc1OC)C(C(=O)OCC)=C(C)N=2. The minimum Gasteiger partial charge on any atom is -0.497 e. The molecule has 0 saturated heterocycles. The normalized spacial score (nSPS) is 14.7. The molecule has 1 aromatic heterocycles. The maximum absolute atomic E-state index is 14.2. The van der Waals surface area contributed by atoms with E-state index in [9.17, 15) is 9.59 Å². The Hall–Kier alpha value is -4.81. The molecule has 9 heteroatoms. The predicted octanol–water partition coefficient (Wildman–Crippen LogP) is 3.98. The highest BCUT2D eigenvalue weighted by atomic mass is 32.1. The summed E-state index contributed by atoms with van der Waals surface area (Å²) in [6.45, 7) is 3.72. The number of esters is 1. The Morgan fingerprint density at radius 2 is 1.90 bits per heavy atom. The number of fused-ring (bicyclic) bond motifs is 2. The van der Waals surface area contributed by atoms with Gasteiger partial charge in [-0.3, -0.25) is 9.36 Å². The summed E-state index contributed by atoms with van der Waals surface area (Å²) >= 11 is 1.22. The topological polar surface area (TPSA) is 88.3 Å². The van der Waals surface area contributed by atoms with Crippen molar-refractivity contribution in [3.63, 3.8) is 0 Å². The average Bonchev–Trinajstić information content (AvgIpc) is 3.29. The smallest absolute Gasteiger partial charge is 0.338 e. The zero-order valence-corrected chi connectivity index (χ0v) is 23.9. The largest absolute Gasteiger partial charge is 0.497 e. The van der Waals surface area contributed by atoms with Gasteiger partial charge in [0.1, 0.15) is 29.9 Å². The molecule has 0 bridgehead atoms. The molecule has 0 fully saturated rings. The van der Waals surface area contributed by atoms with Crippen LogP contribution in [-0.2, 0) is 9.53 Å². The molecule has 1 atom stereocenters. The molecular formula is C32H28N2O6S. The Morgan fingerprint density at radius 1 is 1.12 bits per heavy atom. The number of aromatic nitrogens is 1. The lowest BCUT2D eigenvalue weighted by atomic mass is 9.94. The maximum Gasteiger partial charge on any atom is 0.338 e. The lowest BCUT2D eigenvalue weighted by Gasteiger charge is -2.26. The zero-order valence-electron chi connectivity index (χ0n) is 23.1. The van der Waals surface area contributed by atoms with Crippen molar-refractivity contribution in [2.45, 2.75) is 19.9 Å². The van der Waals surface area contributed by atoms with Gasteiger partial charge in [0.15, 0.2) is 4.80 Å². The quantitative estimate of drug-likeness (QED) is 0.236. The summed E-state index contributed by atoms with van der Waals surface area (Å²) in [5.41, 5.74) is 1.67. The standard InChI is InChI=1S/C32H28N2O6S/c1-6-16-40-26-14-12-20-10-8-9-11-22(20)23(26)18-27-30(35)34-29(24-17-21(37-4)13-15-25(24)38-5)28(31(36)39-7-2)19(3)33-32(34)41-27/h1,8-15,17-18,29H,7,16H2,2-5H3/b27-18+/t29-/m1/s1. The van der Waals surface area contributed by atoms with Crippen LogP contribution in [0.5, 0.6) is 17.2 Å². The Labute approximate surface area is 240 Å². The summed E-state index contributed by atoms with van der Waals surface area (Å²) in [5, 5.41) is 1.89. The average molecular weight is 569 g/mol. The van der Waals surface area contributed by atoms with Gasteiger partial charge in [0.05, 0.1) is 36.6 Å². The van der Waals surface area contributed by atoms with Crippen LogP contribution in [0.1, 0.15) is 31.0 Å². The number of terminal acetylenes is 1. The number of carbonyl (C=O) groups excluding carboxylic acids is 1. The van der Waals surface area contributed by atoms with Crippen LogP contribution < -0.4 is 29.1 Å². The predicted molar refractivity (Wildman–Crippen MR) is 158 cm³/mol. The number of ether oxygens (including phenoxy) is 4. The van der Waals surface area contributed by atoms with Crippen LogP contribution >= 0.6 is 11.3 Å². The fraction of sp³-hybridized carbons (Fsp3) is 0.219. The maximum atomic E-state index is 14.2. The first kappa shape index (κ1) is 27.7. The summed E-state index contributed by atoms with van der Waals surface area (Å²) in [4.78, 5) is 32.6. The molecule has 0 aliphatic carbocycles. The lowest BCUT2D eigenvalue weighted by Crippen LogP contribution is -2.40. The Balaban J connectivity index is 1.81. The molecule has 0 N–H and O–H groups in total. The van der Waals surface area contributed by atoms with E-state index in [0.29, 0.717) is 37.8 Å². The van der Waals surface area contributed by atoms with E-state index in [1.807, 2.05) is 36.4 Å². The molecule has 1 aliphatic rings. The highest BCUT2D eigenvalue weighted by Gasteiger charge is 2.35. The van der Waals surface area contributed by atoms with Crippen molar-refractivity contribution in [2.24, 2.45) is 4.99 Å². The van der Waals surface area contributed by atoms with Crippen LogP contribution in [0.2, 0.25) is 0 Å². The van der Waals surface area contributed by atoms with Gasteiger partial charge in [0, 0.05) is 11.1 Å². The molecule has 208 valence electrons. The van der Waals surface area contributed by atoms with Gasteiger partial charge >= 0.3 is 5.97 Å². The van der Waals surface area contributed by atoms with Gasteiger partial charge in [-0.1, -0.05) is 47.6 Å². The van der Waals surface area contributed by atoms with Gasteiger partial charge in [-0.05, 0) is 55.0 Å². The third-order valence-corrected chi connectivity index (χ3v) is 7.75.